The monoisotopic (exact) mass is 490 g/mol. The third-order valence-corrected chi connectivity index (χ3v) is 9.85. The molecule has 2 aromatic rings. The Morgan fingerprint density at radius 2 is 1.53 bits per heavy atom. The highest BCUT2D eigenvalue weighted by Crippen LogP contribution is 2.60. The zero-order chi connectivity index (χ0) is 25.4. The van der Waals surface area contributed by atoms with Gasteiger partial charge in [-0.05, 0) is 122 Å². The minimum absolute atomic E-state index is 0.0493. The Bertz CT molecular complexity index is 1030. The molecule has 4 saturated carbocycles. The van der Waals surface area contributed by atoms with Gasteiger partial charge in [-0.1, -0.05) is 45.0 Å². The van der Waals surface area contributed by atoms with Gasteiger partial charge >= 0.3 is 5.97 Å². The number of ether oxygens (including phenoxy) is 1. The number of phenols is 2. The lowest BCUT2D eigenvalue weighted by molar-refractivity contribution is -0.214. The first-order valence-corrected chi connectivity index (χ1v) is 14.1. The number of rotatable bonds is 9. The van der Waals surface area contributed by atoms with Gasteiger partial charge in [0.25, 0.3) is 0 Å². The largest absolute Gasteiger partial charge is 0.508 e. The average Bonchev–Trinajstić information content (AvgIpc) is 2.85. The average molecular weight is 491 g/mol. The van der Waals surface area contributed by atoms with Gasteiger partial charge in [0.1, 0.15) is 17.1 Å². The van der Waals surface area contributed by atoms with E-state index in [1.165, 1.54) is 32.1 Å². The van der Waals surface area contributed by atoms with Crippen molar-refractivity contribution in [1.29, 1.82) is 0 Å². The van der Waals surface area contributed by atoms with Gasteiger partial charge in [0.05, 0.1) is 5.92 Å². The molecule has 194 valence electrons. The van der Waals surface area contributed by atoms with Crippen molar-refractivity contribution in [2.45, 2.75) is 89.6 Å². The van der Waals surface area contributed by atoms with Crippen molar-refractivity contribution in [1.82, 2.24) is 0 Å². The molecule has 2 aromatic carbocycles. The summed E-state index contributed by atoms with van der Waals surface area (Å²) in [6.45, 7) is 6.42. The van der Waals surface area contributed by atoms with Gasteiger partial charge in [0.2, 0.25) is 0 Å². The predicted molar refractivity (Wildman–Crippen MR) is 142 cm³/mol. The SMILES string of the molecule is CCC1(OC(=O)C(C)CC(CC(C)c2ccc(O)cc2)c2cccc(O)c2)C2CC3CC(C2)CC1C3. The number of phenolic OH excluding ortho intramolecular Hbond substituents is 2. The number of hydrogen-bond donors (Lipinski definition) is 2. The maximum absolute atomic E-state index is 13.6. The quantitative estimate of drug-likeness (QED) is 0.356. The second-order valence-electron chi connectivity index (χ2n) is 12.2. The van der Waals surface area contributed by atoms with E-state index < -0.39 is 0 Å². The summed E-state index contributed by atoms with van der Waals surface area (Å²) in [5.41, 5.74) is 1.95. The van der Waals surface area contributed by atoms with Crippen LogP contribution in [-0.2, 0) is 9.53 Å². The summed E-state index contributed by atoms with van der Waals surface area (Å²) >= 11 is 0. The number of hydrogen-bond acceptors (Lipinski definition) is 4. The lowest BCUT2D eigenvalue weighted by Crippen LogP contribution is -2.59. The molecule has 4 heteroatoms. The van der Waals surface area contributed by atoms with E-state index >= 15 is 0 Å². The van der Waals surface area contributed by atoms with Crippen molar-refractivity contribution in [2.75, 3.05) is 0 Å². The number of esters is 1. The molecule has 0 aliphatic heterocycles. The molecule has 4 aliphatic rings. The lowest BCUT2D eigenvalue weighted by atomic mass is 9.49. The Kier molecular flexibility index (Phi) is 7.07. The number of aromatic hydroxyl groups is 2. The third-order valence-electron chi connectivity index (χ3n) is 9.85. The van der Waals surface area contributed by atoms with Crippen molar-refractivity contribution in [3.63, 3.8) is 0 Å². The number of benzene rings is 2. The number of carbonyl (C=O) groups is 1. The Morgan fingerprint density at radius 3 is 2.11 bits per heavy atom. The first kappa shape index (κ1) is 25.2. The summed E-state index contributed by atoms with van der Waals surface area (Å²) in [5, 5.41) is 19.8. The minimum atomic E-state index is -0.265. The molecule has 2 N–H and O–H groups in total. The summed E-state index contributed by atoms with van der Waals surface area (Å²) in [6, 6.07) is 14.8. The standard InChI is InChI=1S/C32H42O4/c1-4-32(27-15-22-14-23(17-27)18-28(32)16-22)36-31(35)21(3)13-26(25-6-5-7-30(34)19-25)12-20(2)24-8-10-29(33)11-9-24/h5-11,19-23,26-28,33-34H,4,12-18H2,1-3H3. The molecule has 6 rings (SSSR count). The van der Waals surface area contributed by atoms with Gasteiger partial charge < -0.3 is 14.9 Å². The van der Waals surface area contributed by atoms with E-state index in [2.05, 4.69) is 19.9 Å². The van der Waals surface area contributed by atoms with Crippen LogP contribution in [-0.4, -0.2) is 21.8 Å². The van der Waals surface area contributed by atoms with Crippen molar-refractivity contribution >= 4 is 5.97 Å². The highest BCUT2D eigenvalue weighted by Gasteiger charge is 2.58. The summed E-state index contributed by atoms with van der Waals surface area (Å²) in [5.74, 6) is 3.37. The fraction of sp³-hybridized carbons (Fsp3) is 0.594. The minimum Gasteiger partial charge on any atom is -0.508 e. The van der Waals surface area contributed by atoms with Gasteiger partial charge in [-0.25, -0.2) is 0 Å². The van der Waals surface area contributed by atoms with Gasteiger partial charge in [0, 0.05) is 0 Å². The molecular weight excluding hydrogens is 448 g/mol. The molecule has 4 aliphatic carbocycles. The Balaban J connectivity index is 1.31. The van der Waals surface area contributed by atoms with Crippen LogP contribution in [0.25, 0.3) is 0 Å². The van der Waals surface area contributed by atoms with E-state index in [1.54, 1.807) is 18.2 Å². The van der Waals surface area contributed by atoms with Crippen LogP contribution in [0.3, 0.4) is 0 Å². The third kappa shape index (κ3) is 4.88. The van der Waals surface area contributed by atoms with E-state index in [1.807, 2.05) is 31.2 Å². The molecule has 0 spiro atoms. The summed E-state index contributed by atoms with van der Waals surface area (Å²) in [7, 11) is 0. The highest BCUT2D eigenvalue weighted by atomic mass is 16.6. The second kappa shape index (κ2) is 10.1. The van der Waals surface area contributed by atoms with Crippen LogP contribution in [0.15, 0.2) is 48.5 Å². The van der Waals surface area contributed by atoms with E-state index in [4.69, 9.17) is 4.74 Å². The molecule has 0 aromatic heterocycles. The van der Waals surface area contributed by atoms with Gasteiger partial charge in [-0.15, -0.1) is 0 Å². The van der Waals surface area contributed by atoms with Crippen LogP contribution in [0, 0.1) is 29.6 Å². The molecule has 3 atom stereocenters. The van der Waals surface area contributed by atoms with Crippen LogP contribution >= 0.6 is 0 Å². The fourth-order valence-corrected chi connectivity index (χ4v) is 8.12. The molecule has 4 fully saturated rings. The molecular formula is C32H42O4. The van der Waals surface area contributed by atoms with Crippen LogP contribution in [0.5, 0.6) is 11.5 Å². The Labute approximate surface area is 216 Å². The van der Waals surface area contributed by atoms with Crippen LogP contribution in [0.2, 0.25) is 0 Å². The van der Waals surface area contributed by atoms with Crippen LogP contribution < -0.4 is 0 Å². The van der Waals surface area contributed by atoms with Crippen molar-refractivity contribution < 1.29 is 19.7 Å². The second-order valence-corrected chi connectivity index (χ2v) is 12.2. The first-order valence-electron chi connectivity index (χ1n) is 14.1. The molecule has 4 nitrogen and oxygen atoms in total. The van der Waals surface area contributed by atoms with Crippen LogP contribution in [0.1, 0.15) is 95.1 Å². The van der Waals surface area contributed by atoms with Gasteiger partial charge in [0.15, 0.2) is 0 Å². The van der Waals surface area contributed by atoms with Gasteiger partial charge in [-0.2, -0.15) is 0 Å². The van der Waals surface area contributed by atoms with E-state index in [0.717, 1.165) is 35.8 Å². The predicted octanol–water partition coefficient (Wildman–Crippen LogP) is 7.55. The zero-order valence-corrected chi connectivity index (χ0v) is 22.0. The molecule has 0 amide bonds. The molecule has 36 heavy (non-hydrogen) atoms. The molecule has 0 radical (unpaired) electrons. The topological polar surface area (TPSA) is 66.8 Å². The fourth-order valence-electron chi connectivity index (χ4n) is 8.12. The van der Waals surface area contributed by atoms with E-state index in [9.17, 15) is 15.0 Å². The van der Waals surface area contributed by atoms with Crippen molar-refractivity contribution in [2.24, 2.45) is 29.6 Å². The molecule has 0 heterocycles. The molecule has 4 bridgehead atoms. The van der Waals surface area contributed by atoms with E-state index in [-0.39, 0.29) is 40.8 Å². The molecule has 3 unspecified atom stereocenters. The highest BCUT2D eigenvalue weighted by molar-refractivity contribution is 5.72. The maximum atomic E-state index is 13.6. The summed E-state index contributed by atoms with van der Waals surface area (Å²) < 4.78 is 6.57. The van der Waals surface area contributed by atoms with E-state index in [0.29, 0.717) is 18.3 Å². The molecule has 0 saturated heterocycles. The maximum Gasteiger partial charge on any atom is 0.309 e. The van der Waals surface area contributed by atoms with Gasteiger partial charge in [-0.3, -0.25) is 4.79 Å². The van der Waals surface area contributed by atoms with Crippen molar-refractivity contribution in [3.8, 4) is 11.5 Å². The Hall–Kier alpha value is -2.49. The van der Waals surface area contributed by atoms with Crippen molar-refractivity contribution in [3.05, 3.63) is 59.7 Å². The first-order chi connectivity index (χ1) is 17.3. The number of carbonyl (C=O) groups excluding carboxylic acids is 1. The van der Waals surface area contributed by atoms with Crippen LogP contribution in [0.4, 0.5) is 0 Å². The zero-order valence-electron chi connectivity index (χ0n) is 22.0. The summed E-state index contributed by atoms with van der Waals surface area (Å²) in [4.78, 5) is 13.6. The normalized spacial score (nSPS) is 31.1. The summed E-state index contributed by atoms with van der Waals surface area (Å²) in [6.07, 6.45) is 8.79. The smallest absolute Gasteiger partial charge is 0.309 e. The Morgan fingerprint density at radius 1 is 0.889 bits per heavy atom. The lowest BCUT2D eigenvalue weighted by Gasteiger charge is -2.60.